The number of halogens is 2. The van der Waals surface area contributed by atoms with Gasteiger partial charge < -0.3 is 14.8 Å². The maximum Gasteiger partial charge on any atom is 0.341 e. The molecule has 0 aliphatic rings. The lowest BCUT2D eigenvalue weighted by molar-refractivity contribution is 0.0527. The van der Waals surface area contributed by atoms with Crippen molar-refractivity contribution in [2.75, 3.05) is 11.9 Å². The molecular weight excluding hydrogens is 477 g/mol. The van der Waals surface area contributed by atoms with Crippen molar-refractivity contribution in [2.45, 2.75) is 27.5 Å². The van der Waals surface area contributed by atoms with Gasteiger partial charge in [0.25, 0.3) is 5.91 Å². The summed E-state index contributed by atoms with van der Waals surface area (Å²) in [4.78, 5) is 37.4. The van der Waals surface area contributed by atoms with E-state index in [1.165, 1.54) is 17.7 Å². The van der Waals surface area contributed by atoms with Crippen molar-refractivity contribution < 1.29 is 23.9 Å². The highest BCUT2D eigenvalue weighted by Gasteiger charge is 2.26. The number of aromatic nitrogens is 2. The Balaban J connectivity index is 1.76. The number of ether oxygens (including phenoxy) is 2. The van der Waals surface area contributed by atoms with Crippen molar-refractivity contribution in [3.63, 3.8) is 0 Å². The van der Waals surface area contributed by atoms with E-state index < -0.39 is 11.9 Å². The number of carbonyl (C=O) groups is 3. The number of benzene rings is 1. The Morgan fingerprint density at radius 1 is 1.22 bits per heavy atom. The van der Waals surface area contributed by atoms with Gasteiger partial charge >= 0.3 is 5.97 Å². The topological polar surface area (TPSA) is 99.5 Å². The van der Waals surface area contributed by atoms with Crippen molar-refractivity contribution in [3.05, 3.63) is 62.2 Å². The van der Waals surface area contributed by atoms with Crippen LogP contribution in [0.1, 0.15) is 49.9 Å². The molecule has 0 unspecified atom stereocenters. The Labute approximate surface area is 198 Å². The Hall–Kier alpha value is -2.88. The average Bonchev–Trinajstić information content (AvgIpc) is 3.34. The van der Waals surface area contributed by atoms with Crippen LogP contribution in [0.2, 0.25) is 10.0 Å². The van der Waals surface area contributed by atoms with Crippen molar-refractivity contribution in [1.82, 2.24) is 9.78 Å². The molecule has 3 rings (SSSR count). The van der Waals surface area contributed by atoms with Gasteiger partial charge in [-0.05, 0) is 44.5 Å². The molecule has 0 radical (unpaired) electrons. The first-order chi connectivity index (χ1) is 15.2. The molecule has 32 heavy (non-hydrogen) atoms. The van der Waals surface area contributed by atoms with E-state index >= 15 is 0 Å². The normalized spacial score (nSPS) is 10.7. The quantitative estimate of drug-likeness (QED) is 0.339. The Morgan fingerprint density at radius 3 is 2.66 bits per heavy atom. The summed E-state index contributed by atoms with van der Waals surface area (Å²) in [5.74, 6) is -0.988. The number of rotatable bonds is 8. The number of hydrogen-bond donors (Lipinski definition) is 1. The van der Waals surface area contributed by atoms with Crippen molar-refractivity contribution in [1.29, 1.82) is 0 Å². The molecule has 11 heteroatoms. The zero-order valence-corrected chi connectivity index (χ0v) is 19.7. The van der Waals surface area contributed by atoms with Gasteiger partial charge in [0.2, 0.25) is 0 Å². The van der Waals surface area contributed by atoms with Gasteiger partial charge in [-0.3, -0.25) is 9.59 Å². The van der Waals surface area contributed by atoms with Gasteiger partial charge in [0.05, 0.1) is 22.1 Å². The van der Waals surface area contributed by atoms with E-state index in [9.17, 15) is 14.4 Å². The van der Waals surface area contributed by atoms with Crippen LogP contribution in [0.15, 0.2) is 30.5 Å². The largest absolute Gasteiger partial charge is 0.470 e. The Morgan fingerprint density at radius 2 is 1.97 bits per heavy atom. The van der Waals surface area contributed by atoms with E-state index in [2.05, 4.69) is 10.4 Å². The van der Waals surface area contributed by atoms with Gasteiger partial charge in [0.1, 0.15) is 15.8 Å². The molecule has 168 valence electrons. The number of amides is 1. The molecule has 1 amide bonds. The van der Waals surface area contributed by atoms with E-state index in [0.29, 0.717) is 21.2 Å². The number of hydrogen-bond acceptors (Lipinski definition) is 7. The fourth-order valence-corrected chi connectivity index (χ4v) is 4.27. The second-order valence-electron chi connectivity index (χ2n) is 6.56. The van der Waals surface area contributed by atoms with Crippen LogP contribution in [0.4, 0.5) is 5.00 Å². The van der Waals surface area contributed by atoms with Crippen LogP contribution >= 0.6 is 34.5 Å². The summed E-state index contributed by atoms with van der Waals surface area (Å²) in [5.41, 5.74) is 0.721. The third-order valence-corrected chi connectivity index (χ3v) is 6.42. The van der Waals surface area contributed by atoms with Crippen LogP contribution < -0.4 is 10.1 Å². The SMILES string of the molecule is CCOC(=O)c1c(NC(=O)c2ccn(COc3cccc(Cl)c3Cl)n2)sc(C(C)=O)c1C. The van der Waals surface area contributed by atoms with Crippen LogP contribution in [-0.4, -0.2) is 34.0 Å². The lowest BCUT2D eigenvalue weighted by Crippen LogP contribution is -2.16. The molecule has 0 spiro atoms. The van der Waals surface area contributed by atoms with Crippen LogP contribution in [-0.2, 0) is 11.5 Å². The van der Waals surface area contributed by atoms with Crippen LogP contribution in [0.25, 0.3) is 0 Å². The standard InChI is InChI=1S/C21H19Cl2N3O5S/c1-4-30-21(29)16-11(2)18(12(3)27)32-20(16)24-19(28)14-8-9-26(25-14)10-31-15-7-5-6-13(22)17(15)23/h5-9H,4,10H2,1-3H3,(H,24,28). The molecule has 3 aromatic rings. The summed E-state index contributed by atoms with van der Waals surface area (Å²) in [6.45, 7) is 4.87. The molecule has 2 heterocycles. The minimum atomic E-state index is -0.610. The van der Waals surface area contributed by atoms with Crippen LogP contribution in [0.3, 0.4) is 0 Å². The molecule has 0 saturated heterocycles. The number of carbonyl (C=O) groups excluding carboxylic acids is 3. The first-order valence-electron chi connectivity index (χ1n) is 9.46. The van der Waals surface area contributed by atoms with E-state index in [-0.39, 0.29) is 40.4 Å². The summed E-state index contributed by atoms with van der Waals surface area (Å²) >= 11 is 13.1. The summed E-state index contributed by atoms with van der Waals surface area (Å²) in [7, 11) is 0. The number of nitrogens with zero attached hydrogens (tertiary/aromatic N) is 2. The monoisotopic (exact) mass is 495 g/mol. The molecular formula is C21H19Cl2N3O5S. The third-order valence-electron chi connectivity index (χ3n) is 4.31. The molecule has 1 N–H and O–H groups in total. The van der Waals surface area contributed by atoms with Crippen molar-refractivity contribution in [2.24, 2.45) is 0 Å². The fourth-order valence-electron chi connectivity index (χ4n) is 2.84. The molecule has 0 aliphatic carbocycles. The van der Waals surface area contributed by atoms with Crippen LogP contribution in [0.5, 0.6) is 5.75 Å². The minimum absolute atomic E-state index is 0.00594. The van der Waals surface area contributed by atoms with E-state index in [0.717, 1.165) is 11.3 Å². The molecule has 0 atom stereocenters. The van der Waals surface area contributed by atoms with E-state index in [4.69, 9.17) is 32.7 Å². The molecule has 8 nitrogen and oxygen atoms in total. The minimum Gasteiger partial charge on any atom is -0.470 e. The summed E-state index contributed by atoms with van der Waals surface area (Å²) < 4.78 is 12.1. The number of nitrogens with one attached hydrogen (secondary N) is 1. The van der Waals surface area contributed by atoms with Gasteiger partial charge in [0, 0.05) is 6.20 Å². The third kappa shape index (κ3) is 5.12. The Kier molecular flexibility index (Phi) is 7.55. The Bertz CT molecular complexity index is 1190. The van der Waals surface area contributed by atoms with Gasteiger partial charge in [0.15, 0.2) is 18.2 Å². The van der Waals surface area contributed by atoms with E-state index in [1.54, 1.807) is 38.2 Å². The van der Waals surface area contributed by atoms with Crippen molar-refractivity contribution >= 4 is 57.2 Å². The second kappa shape index (κ2) is 10.2. The maximum absolute atomic E-state index is 12.7. The van der Waals surface area contributed by atoms with Crippen molar-refractivity contribution in [3.8, 4) is 5.75 Å². The first kappa shape index (κ1) is 23.8. The highest BCUT2D eigenvalue weighted by molar-refractivity contribution is 7.18. The summed E-state index contributed by atoms with van der Waals surface area (Å²) in [5, 5.41) is 7.70. The number of Topliss-reactive ketones (excluding diaryl/α,β-unsaturated/α-hetero) is 1. The summed E-state index contributed by atoms with van der Waals surface area (Å²) in [6, 6.07) is 6.50. The average molecular weight is 496 g/mol. The highest BCUT2D eigenvalue weighted by Crippen LogP contribution is 2.34. The lowest BCUT2D eigenvalue weighted by Gasteiger charge is -2.08. The lowest BCUT2D eigenvalue weighted by atomic mass is 10.1. The van der Waals surface area contributed by atoms with Crippen LogP contribution in [0, 0.1) is 6.92 Å². The van der Waals surface area contributed by atoms with Gasteiger partial charge in [-0.1, -0.05) is 29.3 Å². The predicted octanol–water partition coefficient (Wildman–Crippen LogP) is 5.23. The zero-order valence-electron chi connectivity index (χ0n) is 17.4. The molecule has 2 aromatic heterocycles. The van der Waals surface area contributed by atoms with Gasteiger partial charge in [-0.2, -0.15) is 5.10 Å². The molecule has 0 bridgehead atoms. The van der Waals surface area contributed by atoms with Gasteiger partial charge in [-0.15, -0.1) is 11.3 Å². The number of ketones is 1. The number of thiophene rings is 1. The molecule has 1 aromatic carbocycles. The van der Waals surface area contributed by atoms with Gasteiger partial charge in [-0.25, -0.2) is 9.48 Å². The smallest absolute Gasteiger partial charge is 0.341 e. The number of anilines is 1. The first-order valence-corrected chi connectivity index (χ1v) is 11.0. The maximum atomic E-state index is 12.7. The fraction of sp³-hybridized carbons (Fsp3) is 0.238. The summed E-state index contributed by atoms with van der Waals surface area (Å²) in [6.07, 6.45) is 1.56. The number of esters is 1. The highest BCUT2D eigenvalue weighted by atomic mass is 35.5. The second-order valence-corrected chi connectivity index (χ2v) is 8.36. The zero-order chi connectivity index (χ0) is 23.4. The van der Waals surface area contributed by atoms with E-state index in [1.807, 2.05) is 0 Å². The molecule has 0 aliphatic heterocycles. The molecule has 0 fully saturated rings. The molecule has 0 saturated carbocycles. The predicted molar refractivity (Wildman–Crippen MR) is 122 cm³/mol.